The van der Waals surface area contributed by atoms with Gasteiger partial charge in [-0.25, -0.2) is 22.5 Å². The molecule has 2 aromatic rings. The number of nitrogens with zero attached hydrogens (tertiary/aromatic N) is 1. The normalized spacial score (nSPS) is 10.5. The summed E-state index contributed by atoms with van der Waals surface area (Å²) >= 11 is 3.08. The zero-order valence-electron chi connectivity index (χ0n) is 8.65. The molecule has 0 bridgehead atoms. The summed E-state index contributed by atoms with van der Waals surface area (Å²) in [6.07, 6.45) is 1.36. The van der Waals surface area contributed by atoms with Gasteiger partial charge in [0.2, 0.25) is 0 Å². The number of pyridine rings is 1. The van der Waals surface area contributed by atoms with Crippen LogP contribution >= 0.6 is 15.9 Å². The Balaban J connectivity index is 2.50. The predicted octanol–water partition coefficient (Wildman–Crippen LogP) is 4.14. The van der Waals surface area contributed by atoms with Crippen molar-refractivity contribution in [3.8, 4) is 0 Å². The number of benzene rings is 1. The molecule has 2 nitrogen and oxygen atoms in total. The highest BCUT2D eigenvalue weighted by molar-refractivity contribution is 9.10. The molecule has 2 rings (SSSR count). The fourth-order valence-corrected chi connectivity index (χ4v) is 1.63. The number of aromatic nitrogens is 1. The zero-order valence-corrected chi connectivity index (χ0v) is 10.2. The van der Waals surface area contributed by atoms with Crippen LogP contribution in [0.5, 0.6) is 0 Å². The van der Waals surface area contributed by atoms with Crippen LogP contribution in [-0.2, 0) is 0 Å². The Morgan fingerprint density at radius 3 is 2.22 bits per heavy atom. The fraction of sp³-hybridized carbons (Fsp3) is 0. The Morgan fingerprint density at radius 2 is 1.67 bits per heavy atom. The van der Waals surface area contributed by atoms with Gasteiger partial charge in [0, 0.05) is 12.3 Å². The third-order valence-corrected chi connectivity index (χ3v) is 2.75. The summed E-state index contributed by atoms with van der Waals surface area (Å²) in [6.45, 7) is 0. The quantitative estimate of drug-likeness (QED) is 0.664. The van der Waals surface area contributed by atoms with Gasteiger partial charge in [-0.05, 0) is 28.1 Å². The lowest BCUT2D eigenvalue weighted by Gasteiger charge is -2.10. The minimum absolute atomic E-state index is 0.0419. The summed E-state index contributed by atoms with van der Waals surface area (Å²) in [5.74, 6) is -5.94. The molecule has 0 aliphatic heterocycles. The van der Waals surface area contributed by atoms with Crippen molar-refractivity contribution in [1.29, 1.82) is 0 Å². The number of anilines is 2. The highest BCUT2D eigenvalue weighted by Gasteiger charge is 2.20. The van der Waals surface area contributed by atoms with Crippen molar-refractivity contribution in [3.05, 3.63) is 52.1 Å². The molecule has 0 atom stereocenters. The average Bonchev–Trinajstić information content (AvgIpc) is 2.34. The van der Waals surface area contributed by atoms with Gasteiger partial charge in [-0.1, -0.05) is 0 Å². The van der Waals surface area contributed by atoms with Crippen LogP contribution in [0.1, 0.15) is 0 Å². The van der Waals surface area contributed by atoms with Gasteiger partial charge in [0.15, 0.2) is 23.3 Å². The van der Waals surface area contributed by atoms with Crippen molar-refractivity contribution in [2.75, 3.05) is 5.32 Å². The highest BCUT2D eigenvalue weighted by atomic mass is 79.9. The largest absolute Gasteiger partial charge is 0.334 e. The van der Waals surface area contributed by atoms with E-state index in [1.807, 2.05) is 0 Å². The van der Waals surface area contributed by atoms with E-state index in [2.05, 4.69) is 26.2 Å². The molecule has 0 aliphatic carbocycles. The summed E-state index contributed by atoms with van der Waals surface area (Å²) in [5.41, 5.74) is -0.924. The molecule has 1 aromatic carbocycles. The van der Waals surface area contributed by atoms with Crippen LogP contribution in [0.15, 0.2) is 28.9 Å². The van der Waals surface area contributed by atoms with E-state index < -0.39 is 29.0 Å². The Kier molecular flexibility index (Phi) is 3.51. The molecule has 7 heteroatoms. The molecule has 0 saturated heterocycles. The molecule has 0 unspecified atom stereocenters. The number of halogens is 5. The molecule has 0 amide bonds. The van der Waals surface area contributed by atoms with Crippen LogP contribution in [0, 0.1) is 23.3 Å². The summed E-state index contributed by atoms with van der Waals surface area (Å²) in [5, 5.41) is 2.20. The molecule has 18 heavy (non-hydrogen) atoms. The first kappa shape index (κ1) is 12.8. The third kappa shape index (κ3) is 2.31. The second kappa shape index (κ2) is 4.93. The van der Waals surface area contributed by atoms with Gasteiger partial charge in [0.05, 0.1) is 4.47 Å². The van der Waals surface area contributed by atoms with Crippen molar-refractivity contribution < 1.29 is 17.6 Å². The molecule has 0 aliphatic rings. The van der Waals surface area contributed by atoms with Crippen LogP contribution in [0.25, 0.3) is 0 Å². The molecule has 1 N–H and O–H groups in total. The van der Waals surface area contributed by atoms with E-state index in [1.165, 1.54) is 6.20 Å². The first-order valence-corrected chi connectivity index (χ1v) is 5.50. The molecular weight excluding hydrogens is 316 g/mol. The molecule has 94 valence electrons. The van der Waals surface area contributed by atoms with Crippen LogP contribution < -0.4 is 5.32 Å². The highest BCUT2D eigenvalue weighted by Crippen LogP contribution is 2.29. The van der Waals surface area contributed by atoms with Gasteiger partial charge in [-0.15, -0.1) is 0 Å². The van der Waals surface area contributed by atoms with Crippen molar-refractivity contribution >= 4 is 27.4 Å². The molecule has 0 radical (unpaired) electrons. The summed E-state index contributed by atoms with van der Waals surface area (Å²) < 4.78 is 53.1. The SMILES string of the molecule is Fc1cc(F)c(F)c(Nc2ncccc2Br)c1F. The van der Waals surface area contributed by atoms with Gasteiger partial charge < -0.3 is 5.32 Å². The summed E-state index contributed by atoms with van der Waals surface area (Å²) in [4.78, 5) is 3.78. The molecule has 1 aromatic heterocycles. The summed E-state index contributed by atoms with van der Waals surface area (Å²) in [7, 11) is 0. The van der Waals surface area contributed by atoms with Crippen LogP contribution in [-0.4, -0.2) is 4.98 Å². The standard InChI is InChI=1S/C11H5BrF4N2/c12-5-2-1-3-17-11(5)18-10-8(15)6(13)4-7(14)9(10)16/h1-4H,(H,17,18). The minimum Gasteiger partial charge on any atom is -0.334 e. The van der Waals surface area contributed by atoms with E-state index in [0.717, 1.165) is 0 Å². The van der Waals surface area contributed by atoms with Gasteiger partial charge in [-0.3, -0.25) is 0 Å². The number of rotatable bonds is 2. The maximum absolute atomic E-state index is 13.4. The first-order chi connectivity index (χ1) is 8.50. The lowest BCUT2D eigenvalue weighted by molar-refractivity contribution is 0.459. The minimum atomic E-state index is -1.51. The van der Waals surface area contributed by atoms with E-state index >= 15 is 0 Å². The van der Waals surface area contributed by atoms with E-state index in [9.17, 15) is 17.6 Å². The summed E-state index contributed by atoms with van der Waals surface area (Å²) in [6, 6.07) is 3.28. The van der Waals surface area contributed by atoms with Crippen molar-refractivity contribution in [3.63, 3.8) is 0 Å². The molecule has 0 saturated carbocycles. The Labute approximate surface area is 108 Å². The van der Waals surface area contributed by atoms with E-state index in [4.69, 9.17) is 0 Å². The van der Waals surface area contributed by atoms with Gasteiger partial charge in [-0.2, -0.15) is 0 Å². The first-order valence-electron chi connectivity index (χ1n) is 4.71. The van der Waals surface area contributed by atoms with Gasteiger partial charge in [0.25, 0.3) is 0 Å². The Morgan fingerprint density at radius 1 is 1.06 bits per heavy atom. The Hall–Kier alpha value is -1.63. The van der Waals surface area contributed by atoms with Crippen LogP contribution in [0.3, 0.4) is 0 Å². The second-order valence-electron chi connectivity index (χ2n) is 3.30. The monoisotopic (exact) mass is 320 g/mol. The predicted molar refractivity (Wildman–Crippen MR) is 61.5 cm³/mol. The lowest BCUT2D eigenvalue weighted by atomic mass is 10.2. The molecule has 0 fully saturated rings. The molecular formula is C11H5BrF4N2. The molecule has 1 heterocycles. The third-order valence-electron chi connectivity index (χ3n) is 2.11. The maximum Gasteiger partial charge on any atom is 0.185 e. The lowest BCUT2D eigenvalue weighted by Crippen LogP contribution is -2.04. The van der Waals surface area contributed by atoms with Gasteiger partial charge >= 0.3 is 0 Å². The van der Waals surface area contributed by atoms with E-state index in [1.54, 1.807) is 12.1 Å². The van der Waals surface area contributed by atoms with Crippen molar-refractivity contribution in [1.82, 2.24) is 4.98 Å². The molecule has 0 spiro atoms. The second-order valence-corrected chi connectivity index (χ2v) is 4.16. The van der Waals surface area contributed by atoms with Gasteiger partial charge in [0.1, 0.15) is 11.5 Å². The topological polar surface area (TPSA) is 24.9 Å². The smallest absolute Gasteiger partial charge is 0.185 e. The van der Waals surface area contributed by atoms with E-state index in [-0.39, 0.29) is 11.9 Å². The number of hydrogen-bond acceptors (Lipinski definition) is 2. The number of nitrogens with one attached hydrogen (secondary N) is 1. The van der Waals surface area contributed by atoms with Crippen molar-refractivity contribution in [2.45, 2.75) is 0 Å². The average molecular weight is 321 g/mol. The van der Waals surface area contributed by atoms with E-state index in [0.29, 0.717) is 4.47 Å². The van der Waals surface area contributed by atoms with Crippen LogP contribution in [0.4, 0.5) is 29.1 Å². The number of hydrogen-bond donors (Lipinski definition) is 1. The zero-order chi connectivity index (χ0) is 13.3. The van der Waals surface area contributed by atoms with Crippen LogP contribution in [0.2, 0.25) is 0 Å². The van der Waals surface area contributed by atoms with Crippen molar-refractivity contribution in [2.24, 2.45) is 0 Å². The maximum atomic E-state index is 13.4. The Bertz CT molecular complexity index is 578. The fourth-order valence-electron chi connectivity index (χ4n) is 1.28.